The molecule has 0 aromatic heterocycles. The summed E-state index contributed by atoms with van der Waals surface area (Å²) in [5.41, 5.74) is 0.459. The second-order valence-electron chi connectivity index (χ2n) is 5.94. The normalized spacial score (nSPS) is 20.6. The summed E-state index contributed by atoms with van der Waals surface area (Å²) in [5, 5.41) is 8.98. The summed E-state index contributed by atoms with van der Waals surface area (Å²) in [7, 11) is -3.41. The standard InChI is InChI=1S/C15H17FN2O2S/c16-15-5-4-12(13(6-15)7-17)10-21(19,20)18-8-14(9-18)11-2-1-3-11/h4-6,11,14H,1-3,8-10H2. The number of hydrogen-bond donors (Lipinski definition) is 0. The molecule has 0 N–H and O–H groups in total. The van der Waals surface area contributed by atoms with Crippen LogP contribution in [0.5, 0.6) is 0 Å². The SMILES string of the molecule is N#Cc1cc(F)ccc1CS(=O)(=O)N1CC(C2CCC2)C1. The number of nitriles is 1. The predicted molar refractivity (Wildman–Crippen MR) is 76.1 cm³/mol. The molecule has 3 rings (SSSR count). The van der Waals surface area contributed by atoms with Crippen LogP contribution in [0.3, 0.4) is 0 Å². The Balaban J connectivity index is 1.68. The molecule has 1 aromatic rings. The molecule has 1 aromatic carbocycles. The van der Waals surface area contributed by atoms with E-state index in [4.69, 9.17) is 5.26 Å². The molecule has 1 heterocycles. The molecule has 112 valence electrons. The van der Waals surface area contributed by atoms with Crippen LogP contribution in [-0.2, 0) is 15.8 Å². The third-order valence-corrected chi connectivity index (χ3v) is 6.38. The molecule has 1 saturated carbocycles. The molecule has 1 aliphatic heterocycles. The van der Waals surface area contributed by atoms with Gasteiger partial charge in [-0.15, -0.1) is 0 Å². The van der Waals surface area contributed by atoms with Crippen molar-refractivity contribution in [2.24, 2.45) is 11.8 Å². The quantitative estimate of drug-likeness (QED) is 0.857. The topological polar surface area (TPSA) is 61.2 Å². The maximum atomic E-state index is 13.1. The van der Waals surface area contributed by atoms with Gasteiger partial charge < -0.3 is 0 Å². The van der Waals surface area contributed by atoms with Gasteiger partial charge >= 0.3 is 0 Å². The fourth-order valence-electron chi connectivity index (χ4n) is 2.97. The number of hydrogen-bond acceptors (Lipinski definition) is 3. The van der Waals surface area contributed by atoms with E-state index in [1.165, 1.54) is 35.7 Å². The average molecular weight is 308 g/mol. The summed E-state index contributed by atoms with van der Waals surface area (Å²) in [6, 6.07) is 5.51. The summed E-state index contributed by atoms with van der Waals surface area (Å²) < 4.78 is 39.2. The number of sulfonamides is 1. The van der Waals surface area contributed by atoms with E-state index in [9.17, 15) is 12.8 Å². The van der Waals surface area contributed by atoms with Crippen LogP contribution in [-0.4, -0.2) is 25.8 Å². The molecule has 0 bridgehead atoms. The van der Waals surface area contributed by atoms with E-state index in [0.717, 1.165) is 6.07 Å². The highest BCUT2D eigenvalue weighted by Crippen LogP contribution is 2.39. The predicted octanol–water partition coefficient (Wildman–Crippen LogP) is 2.26. The van der Waals surface area contributed by atoms with Gasteiger partial charge in [0.25, 0.3) is 0 Å². The smallest absolute Gasteiger partial charge is 0.212 e. The third-order valence-electron chi connectivity index (χ3n) is 4.62. The van der Waals surface area contributed by atoms with Crippen LogP contribution in [0, 0.1) is 29.0 Å². The second kappa shape index (κ2) is 5.39. The lowest BCUT2D eigenvalue weighted by molar-refractivity contribution is 0.0852. The largest absolute Gasteiger partial charge is 0.218 e. The van der Waals surface area contributed by atoms with Gasteiger partial charge in [0.15, 0.2) is 0 Å². The van der Waals surface area contributed by atoms with E-state index in [-0.39, 0.29) is 11.3 Å². The van der Waals surface area contributed by atoms with Crippen LogP contribution in [0.1, 0.15) is 30.4 Å². The molecule has 0 amide bonds. The van der Waals surface area contributed by atoms with Crippen LogP contribution in [0.4, 0.5) is 4.39 Å². The number of benzene rings is 1. The second-order valence-corrected chi connectivity index (χ2v) is 7.91. The lowest BCUT2D eigenvalue weighted by Gasteiger charge is -2.45. The van der Waals surface area contributed by atoms with E-state index >= 15 is 0 Å². The average Bonchev–Trinajstić information content (AvgIpc) is 2.32. The zero-order valence-electron chi connectivity index (χ0n) is 11.6. The van der Waals surface area contributed by atoms with Gasteiger partial charge in [-0.1, -0.05) is 25.3 Å². The maximum absolute atomic E-state index is 13.1. The van der Waals surface area contributed by atoms with Gasteiger partial charge in [0.2, 0.25) is 10.0 Å². The lowest BCUT2D eigenvalue weighted by atomic mass is 9.73. The summed E-state index contributed by atoms with van der Waals surface area (Å²) in [6.07, 6.45) is 3.69. The Kier molecular flexibility index (Phi) is 3.72. The molecule has 21 heavy (non-hydrogen) atoms. The Morgan fingerprint density at radius 2 is 2.00 bits per heavy atom. The van der Waals surface area contributed by atoms with Crippen molar-refractivity contribution in [1.82, 2.24) is 4.31 Å². The van der Waals surface area contributed by atoms with Crippen molar-refractivity contribution in [1.29, 1.82) is 5.26 Å². The maximum Gasteiger partial charge on any atom is 0.218 e. The van der Waals surface area contributed by atoms with Crippen molar-refractivity contribution in [3.8, 4) is 6.07 Å². The van der Waals surface area contributed by atoms with Crippen molar-refractivity contribution in [2.75, 3.05) is 13.1 Å². The Morgan fingerprint density at radius 3 is 2.57 bits per heavy atom. The lowest BCUT2D eigenvalue weighted by Crippen LogP contribution is -2.53. The third kappa shape index (κ3) is 2.81. The fraction of sp³-hybridized carbons (Fsp3) is 0.533. The Labute approximate surface area is 124 Å². The Hall–Kier alpha value is -1.45. The number of rotatable bonds is 4. The number of halogens is 1. The first-order chi connectivity index (χ1) is 9.99. The van der Waals surface area contributed by atoms with Gasteiger partial charge in [0, 0.05) is 13.1 Å². The first kappa shape index (κ1) is 14.5. The van der Waals surface area contributed by atoms with Crippen LogP contribution in [0.15, 0.2) is 18.2 Å². The highest BCUT2D eigenvalue weighted by atomic mass is 32.2. The monoisotopic (exact) mass is 308 g/mol. The van der Waals surface area contributed by atoms with Gasteiger partial charge in [-0.2, -0.15) is 5.26 Å². The van der Waals surface area contributed by atoms with E-state index in [0.29, 0.717) is 30.5 Å². The van der Waals surface area contributed by atoms with Crippen LogP contribution in [0.2, 0.25) is 0 Å². The molecule has 2 fully saturated rings. The summed E-state index contributed by atoms with van der Waals surface area (Å²) >= 11 is 0. The molecular formula is C15H17FN2O2S. The zero-order valence-corrected chi connectivity index (χ0v) is 12.4. The van der Waals surface area contributed by atoms with Crippen molar-refractivity contribution in [3.63, 3.8) is 0 Å². The summed E-state index contributed by atoms with van der Waals surface area (Å²) in [4.78, 5) is 0. The minimum Gasteiger partial charge on any atom is -0.212 e. The van der Waals surface area contributed by atoms with Crippen LogP contribution < -0.4 is 0 Å². The van der Waals surface area contributed by atoms with Crippen LogP contribution in [0.25, 0.3) is 0 Å². The van der Waals surface area contributed by atoms with Crippen molar-refractivity contribution >= 4 is 10.0 Å². The Bertz CT molecular complexity index is 686. The molecule has 1 aliphatic carbocycles. The number of nitrogens with zero attached hydrogens (tertiary/aromatic N) is 2. The van der Waals surface area contributed by atoms with E-state index in [1.807, 2.05) is 6.07 Å². The van der Waals surface area contributed by atoms with Gasteiger partial charge in [-0.25, -0.2) is 17.1 Å². The minimum atomic E-state index is -3.41. The molecule has 4 nitrogen and oxygen atoms in total. The van der Waals surface area contributed by atoms with Crippen molar-refractivity contribution in [3.05, 3.63) is 35.1 Å². The van der Waals surface area contributed by atoms with Gasteiger partial charge in [-0.05, 0) is 29.5 Å². The van der Waals surface area contributed by atoms with E-state index in [2.05, 4.69) is 0 Å². The van der Waals surface area contributed by atoms with Crippen molar-refractivity contribution < 1.29 is 12.8 Å². The van der Waals surface area contributed by atoms with Gasteiger partial charge in [0.05, 0.1) is 17.4 Å². The first-order valence-corrected chi connectivity index (χ1v) is 8.77. The van der Waals surface area contributed by atoms with Crippen molar-refractivity contribution in [2.45, 2.75) is 25.0 Å². The highest BCUT2D eigenvalue weighted by Gasteiger charge is 2.41. The van der Waals surface area contributed by atoms with Crippen LogP contribution >= 0.6 is 0 Å². The van der Waals surface area contributed by atoms with Gasteiger partial charge in [-0.3, -0.25) is 0 Å². The molecule has 0 radical (unpaired) electrons. The Morgan fingerprint density at radius 1 is 1.29 bits per heavy atom. The summed E-state index contributed by atoms with van der Waals surface area (Å²) in [6.45, 7) is 1.19. The highest BCUT2D eigenvalue weighted by molar-refractivity contribution is 7.88. The van der Waals surface area contributed by atoms with E-state index in [1.54, 1.807) is 0 Å². The molecule has 6 heteroatoms. The van der Waals surface area contributed by atoms with Gasteiger partial charge in [0.1, 0.15) is 5.82 Å². The molecule has 2 aliphatic rings. The molecule has 0 atom stereocenters. The van der Waals surface area contributed by atoms with E-state index < -0.39 is 15.8 Å². The fourth-order valence-corrected chi connectivity index (χ4v) is 4.64. The molecule has 0 spiro atoms. The molecule has 0 unspecified atom stereocenters. The first-order valence-electron chi connectivity index (χ1n) is 7.16. The molecule has 1 saturated heterocycles. The minimum absolute atomic E-state index is 0.0923. The molecular weight excluding hydrogens is 291 g/mol. The summed E-state index contributed by atoms with van der Waals surface area (Å²) in [5.74, 6) is 0.434. The zero-order chi connectivity index (χ0) is 15.0.